The Morgan fingerprint density at radius 2 is 1.26 bits per heavy atom. The van der Waals surface area contributed by atoms with Crippen LogP contribution in [-0.4, -0.2) is 62.3 Å². The Bertz CT molecular complexity index is 2250. The van der Waals surface area contributed by atoms with Crippen molar-refractivity contribution >= 4 is 57.6 Å². The number of hydrogen-bond donors (Lipinski definition) is 4. The van der Waals surface area contributed by atoms with E-state index < -0.39 is 23.6 Å². The van der Waals surface area contributed by atoms with E-state index in [0.29, 0.717) is 27.6 Å². The molecular formula is C31H30N12O4. The van der Waals surface area contributed by atoms with E-state index in [4.69, 9.17) is 11.5 Å². The number of carbonyl (C=O) groups is 4. The van der Waals surface area contributed by atoms with Crippen molar-refractivity contribution in [3.8, 4) is 0 Å². The molecule has 16 nitrogen and oxygen atoms in total. The van der Waals surface area contributed by atoms with Gasteiger partial charge in [-0.25, -0.2) is 9.97 Å². The summed E-state index contributed by atoms with van der Waals surface area (Å²) in [5.74, 6) is -1.60. The minimum atomic E-state index is -0.600. The first-order chi connectivity index (χ1) is 22.5. The van der Waals surface area contributed by atoms with E-state index >= 15 is 0 Å². The first-order valence-electron chi connectivity index (χ1n) is 14.4. The van der Waals surface area contributed by atoms with Gasteiger partial charge in [0.2, 0.25) is 23.7 Å². The average molecular weight is 635 g/mol. The number of hydrogen-bond acceptors (Lipinski definition) is 8. The number of nitrogens with zero attached hydrogens (tertiary/aromatic N) is 8. The SMILES string of the molecule is Cc1cc(C(N)=O)cc2nc(NC(=O)c3ccn(C)n3)n(C/C=C/Cn3c(NC(=O)c4ccn(C)n4)nc4cc(C(N)=O)ccc43)c12. The van der Waals surface area contributed by atoms with Crippen LogP contribution in [0.2, 0.25) is 0 Å². The number of nitrogens with two attached hydrogens (primary N) is 2. The molecule has 6 aromatic rings. The van der Waals surface area contributed by atoms with Gasteiger partial charge in [-0.15, -0.1) is 0 Å². The number of imidazole rings is 2. The predicted octanol–water partition coefficient (Wildman–Crippen LogP) is 2.12. The monoisotopic (exact) mass is 634 g/mol. The molecule has 0 aliphatic heterocycles. The van der Waals surface area contributed by atoms with Gasteiger partial charge >= 0.3 is 0 Å². The van der Waals surface area contributed by atoms with Crippen molar-refractivity contribution in [3.63, 3.8) is 0 Å². The lowest BCUT2D eigenvalue weighted by Crippen LogP contribution is -2.17. The second-order valence-electron chi connectivity index (χ2n) is 10.8. The van der Waals surface area contributed by atoms with Gasteiger partial charge in [0.1, 0.15) is 0 Å². The molecule has 6 rings (SSSR count). The number of carbonyl (C=O) groups excluding carboxylic acids is 4. The fraction of sp³-hybridized carbons (Fsp3) is 0.161. The van der Waals surface area contributed by atoms with Crippen molar-refractivity contribution in [2.75, 3.05) is 10.6 Å². The summed E-state index contributed by atoms with van der Waals surface area (Å²) in [5.41, 5.74) is 15.0. The maximum atomic E-state index is 13.0. The summed E-state index contributed by atoms with van der Waals surface area (Å²) in [5, 5.41) is 13.9. The van der Waals surface area contributed by atoms with E-state index in [9.17, 15) is 19.2 Å². The highest BCUT2D eigenvalue weighted by Crippen LogP contribution is 2.26. The zero-order valence-electron chi connectivity index (χ0n) is 25.6. The summed E-state index contributed by atoms with van der Waals surface area (Å²) in [7, 11) is 3.42. The maximum absolute atomic E-state index is 13.0. The third-order valence-corrected chi connectivity index (χ3v) is 7.44. The summed E-state index contributed by atoms with van der Waals surface area (Å²) >= 11 is 0. The van der Waals surface area contributed by atoms with Crippen LogP contribution in [-0.2, 0) is 27.2 Å². The van der Waals surface area contributed by atoms with Crippen molar-refractivity contribution in [1.29, 1.82) is 0 Å². The topological polar surface area (TPSA) is 216 Å². The largest absolute Gasteiger partial charge is 0.366 e. The molecule has 0 aliphatic carbocycles. The Labute approximate surface area is 266 Å². The standard InChI is InChI=1S/C31H30N12O4/c1-17-14-19(27(33)45)16-23-25(17)43(31(35-23)37-29(47)21-9-13-41(3)39-21)11-5-4-10-42-24-7-6-18(26(32)44)15-22(24)34-30(42)36-28(46)20-8-12-40(2)38-20/h4-9,12-16H,10-11H2,1-3H3,(H2,32,44)(H2,33,45)(H,34,36,46)(H,35,37,47)/b5-4+. The zero-order chi connectivity index (χ0) is 33.4. The number of rotatable bonds is 10. The van der Waals surface area contributed by atoms with Crippen LogP contribution >= 0.6 is 0 Å². The summed E-state index contributed by atoms with van der Waals surface area (Å²) in [6, 6.07) is 11.3. The van der Waals surface area contributed by atoms with Gasteiger partial charge in [0.05, 0.1) is 22.1 Å². The third-order valence-electron chi connectivity index (χ3n) is 7.44. The van der Waals surface area contributed by atoms with E-state index in [1.54, 1.807) is 73.5 Å². The predicted molar refractivity (Wildman–Crippen MR) is 173 cm³/mol. The van der Waals surface area contributed by atoms with Gasteiger partial charge in [0, 0.05) is 50.7 Å². The fourth-order valence-corrected chi connectivity index (χ4v) is 5.22. The molecule has 0 unspecified atom stereocenters. The number of fused-ring (bicyclic) bond motifs is 2. The second kappa shape index (κ2) is 12.1. The minimum absolute atomic E-state index is 0.210. The zero-order valence-corrected chi connectivity index (χ0v) is 25.6. The van der Waals surface area contributed by atoms with Gasteiger partial charge in [0.25, 0.3) is 11.8 Å². The number of anilines is 2. The van der Waals surface area contributed by atoms with E-state index in [2.05, 4.69) is 30.8 Å². The molecule has 16 heteroatoms. The molecular weight excluding hydrogens is 604 g/mol. The molecule has 0 fully saturated rings. The lowest BCUT2D eigenvalue weighted by molar-refractivity contribution is 0.0992. The third kappa shape index (κ3) is 6.06. The van der Waals surface area contributed by atoms with Crippen molar-refractivity contribution in [2.45, 2.75) is 20.0 Å². The summed E-state index contributed by atoms with van der Waals surface area (Å²) in [4.78, 5) is 58.9. The number of aryl methyl sites for hydroxylation is 3. The number of primary amides is 2. The molecule has 0 atom stereocenters. The average Bonchev–Trinajstić information content (AvgIpc) is 3.81. The van der Waals surface area contributed by atoms with Gasteiger partial charge < -0.3 is 20.6 Å². The summed E-state index contributed by atoms with van der Waals surface area (Å²) < 4.78 is 6.62. The lowest BCUT2D eigenvalue weighted by Gasteiger charge is -2.10. The molecule has 6 N–H and O–H groups in total. The molecule has 0 saturated heterocycles. The van der Waals surface area contributed by atoms with Gasteiger partial charge in [-0.2, -0.15) is 10.2 Å². The van der Waals surface area contributed by atoms with E-state index in [1.165, 1.54) is 9.36 Å². The fourth-order valence-electron chi connectivity index (χ4n) is 5.22. The van der Waals surface area contributed by atoms with Crippen LogP contribution in [0.25, 0.3) is 22.1 Å². The van der Waals surface area contributed by atoms with Crippen LogP contribution in [0.1, 0.15) is 47.3 Å². The van der Waals surface area contributed by atoms with Crippen LogP contribution in [0, 0.1) is 6.92 Å². The molecule has 4 amide bonds. The Kier molecular flexibility index (Phi) is 7.82. The quantitative estimate of drug-likeness (QED) is 0.163. The lowest BCUT2D eigenvalue weighted by atomic mass is 10.1. The summed E-state index contributed by atoms with van der Waals surface area (Å²) in [6.07, 6.45) is 7.05. The number of aromatic nitrogens is 8. The Hall–Kier alpha value is -6.58. The first-order valence-corrected chi connectivity index (χ1v) is 14.4. The highest BCUT2D eigenvalue weighted by Gasteiger charge is 2.19. The second-order valence-corrected chi connectivity index (χ2v) is 10.8. The highest BCUT2D eigenvalue weighted by atomic mass is 16.2. The van der Waals surface area contributed by atoms with E-state index in [1.807, 2.05) is 23.6 Å². The highest BCUT2D eigenvalue weighted by molar-refractivity contribution is 6.04. The van der Waals surface area contributed by atoms with Crippen molar-refractivity contribution < 1.29 is 19.2 Å². The molecule has 4 aromatic heterocycles. The molecule has 0 bridgehead atoms. The van der Waals surface area contributed by atoms with E-state index in [-0.39, 0.29) is 41.9 Å². The number of amides is 4. The smallest absolute Gasteiger partial charge is 0.278 e. The van der Waals surface area contributed by atoms with Gasteiger partial charge in [-0.05, 0) is 55.0 Å². The molecule has 4 heterocycles. The number of allylic oxidation sites excluding steroid dienone is 2. The van der Waals surface area contributed by atoms with Crippen LogP contribution in [0.15, 0.2) is 67.0 Å². The van der Waals surface area contributed by atoms with Crippen LogP contribution in [0.4, 0.5) is 11.9 Å². The maximum Gasteiger partial charge on any atom is 0.278 e. The van der Waals surface area contributed by atoms with Gasteiger partial charge in [-0.1, -0.05) is 12.2 Å². The normalized spacial score (nSPS) is 11.5. The van der Waals surface area contributed by atoms with Crippen molar-refractivity contribution in [1.82, 2.24) is 38.7 Å². The molecule has 0 radical (unpaired) electrons. The number of nitrogens with one attached hydrogen (secondary N) is 2. The van der Waals surface area contributed by atoms with Crippen molar-refractivity contribution in [3.05, 3.63) is 95.1 Å². The van der Waals surface area contributed by atoms with Crippen molar-refractivity contribution in [2.24, 2.45) is 25.6 Å². The van der Waals surface area contributed by atoms with Gasteiger partial charge in [0.15, 0.2) is 11.4 Å². The Morgan fingerprint density at radius 1 is 0.723 bits per heavy atom. The first kappa shape index (κ1) is 30.4. The van der Waals surface area contributed by atoms with Crippen LogP contribution < -0.4 is 22.1 Å². The molecule has 47 heavy (non-hydrogen) atoms. The summed E-state index contributed by atoms with van der Waals surface area (Å²) in [6.45, 7) is 2.38. The Balaban J connectivity index is 1.32. The molecule has 2 aromatic carbocycles. The molecule has 0 spiro atoms. The number of benzene rings is 2. The Morgan fingerprint density at radius 3 is 1.81 bits per heavy atom. The molecule has 0 aliphatic rings. The molecule has 0 saturated carbocycles. The van der Waals surface area contributed by atoms with E-state index in [0.717, 1.165) is 5.56 Å². The molecule has 238 valence electrons. The minimum Gasteiger partial charge on any atom is -0.366 e. The van der Waals surface area contributed by atoms with Crippen LogP contribution in [0.5, 0.6) is 0 Å². The van der Waals surface area contributed by atoms with Gasteiger partial charge in [-0.3, -0.25) is 39.2 Å². The van der Waals surface area contributed by atoms with Crippen LogP contribution in [0.3, 0.4) is 0 Å².